The number of hydrogen-bond acceptors (Lipinski definition) is 2. The van der Waals surface area contributed by atoms with Gasteiger partial charge in [-0.2, -0.15) is 0 Å². The monoisotopic (exact) mass is 338 g/mol. The number of hydrogen-bond donors (Lipinski definition) is 3. The Kier molecular flexibility index (Phi) is 9.16. The highest BCUT2D eigenvalue weighted by atomic mass is 16.1. The zero-order chi connectivity index (χ0) is 18.0. The minimum absolute atomic E-state index is 0.228. The van der Waals surface area contributed by atoms with Gasteiger partial charge in [0.2, 0.25) is 5.91 Å². The maximum Gasteiger partial charge on any atom is 0.223 e. The molecule has 1 aliphatic rings. The van der Waals surface area contributed by atoms with Crippen LogP contribution in [-0.2, 0) is 4.79 Å². The Hall–Kier alpha value is -1.26. The SMILES string of the molecule is CCNC(=NCCCNC(=O)C1CCC1)NC(C)CCC(C)(C)C. The van der Waals surface area contributed by atoms with E-state index in [1.165, 1.54) is 12.8 Å². The quantitative estimate of drug-likeness (QED) is 0.344. The second-order valence-corrected chi connectivity index (χ2v) is 8.18. The third kappa shape index (κ3) is 9.14. The molecule has 1 fully saturated rings. The summed E-state index contributed by atoms with van der Waals surface area (Å²) in [7, 11) is 0. The Morgan fingerprint density at radius 1 is 1.25 bits per heavy atom. The number of aliphatic imine (C=N–C) groups is 1. The maximum absolute atomic E-state index is 11.8. The predicted octanol–water partition coefficient (Wildman–Crippen LogP) is 3.06. The van der Waals surface area contributed by atoms with Gasteiger partial charge in [0.25, 0.3) is 0 Å². The van der Waals surface area contributed by atoms with Crippen LogP contribution in [0.25, 0.3) is 0 Å². The first-order chi connectivity index (χ1) is 11.3. The summed E-state index contributed by atoms with van der Waals surface area (Å²) in [5.74, 6) is 1.38. The number of rotatable bonds is 9. The van der Waals surface area contributed by atoms with Crippen molar-refractivity contribution in [2.45, 2.75) is 79.2 Å². The molecule has 1 aliphatic carbocycles. The van der Waals surface area contributed by atoms with Gasteiger partial charge in [-0.05, 0) is 51.4 Å². The Morgan fingerprint density at radius 2 is 1.96 bits per heavy atom. The fourth-order valence-corrected chi connectivity index (χ4v) is 2.57. The number of guanidine groups is 1. The molecule has 3 N–H and O–H groups in total. The van der Waals surface area contributed by atoms with Crippen molar-refractivity contribution in [3.8, 4) is 0 Å². The van der Waals surface area contributed by atoms with Gasteiger partial charge in [-0.15, -0.1) is 0 Å². The molecule has 24 heavy (non-hydrogen) atoms. The summed E-state index contributed by atoms with van der Waals surface area (Å²) in [4.78, 5) is 16.4. The van der Waals surface area contributed by atoms with Gasteiger partial charge in [0.05, 0.1) is 0 Å². The molecule has 0 heterocycles. The van der Waals surface area contributed by atoms with Crippen molar-refractivity contribution >= 4 is 11.9 Å². The van der Waals surface area contributed by atoms with Crippen molar-refractivity contribution in [1.29, 1.82) is 0 Å². The lowest BCUT2D eigenvalue weighted by Crippen LogP contribution is -2.42. The van der Waals surface area contributed by atoms with E-state index in [4.69, 9.17) is 0 Å². The lowest BCUT2D eigenvalue weighted by molar-refractivity contribution is -0.127. The van der Waals surface area contributed by atoms with Crippen LogP contribution >= 0.6 is 0 Å². The van der Waals surface area contributed by atoms with E-state index in [9.17, 15) is 4.79 Å². The highest BCUT2D eigenvalue weighted by Gasteiger charge is 2.24. The lowest BCUT2D eigenvalue weighted by atomic mass is 9.85. The largest absolute Gasteiger partial charge is 0.357 e. The van der Waals surface area contributed by atoms with Gasteiger partial charge in [0.1, 0.15) is 0 Å². The van der Waals surface area contributed by atoms with Crippen molar-refractivity contribution in [1.82, 2.24) is 16.0 Å². The molecule has 0 aliphatic heterocycles. The third-order valence-electron chi connectivity index (χ3n) is 4.43. The molecule has 1 unspecified atom stereocenters. The normalized spacial score (nSPS) is 17.1. The average molecular weight is 339 g/mol. The van der Waals surface area contributed by atoms with Crippen molar-refractivity contribution < 1.29 is 4.79 Å². The predicted molar refractivity (Wildman–Crippen MR) is 102 cm³/mol. The molecule has 0 bridgehead atoms. The summed E-state index contributed by atoms with van der Waals surface area (Å²) in [5.41, 5.74) is 0.365. The smallest absolute Gasteiger partial charge is 0.223 e. The summed E-state index contributed by atoms with van der Waals surface area (Å²) in [5, 5.41) is 9.80. The fourth-order valence-electron chi connectivity index (χ4n) is 2.57. The number of carbonyl (C=O) groups is 1. The molecule has 1 rings (SSSR count). The standard InChI is InChI=1S/C19H38N4O/c1-6-20-18(23-15(2)11-12-19(3,4)5)22-14-8-13-21-17(24)16-9-7-10-16/h15-16H,6-14H2,1-5H3,(H,21,24)(H2,20,22,23). The van der Waals surface area contributed by atoms with Crippen LogP contribution in [-0.4, -0.2) is 37.5 Å². The molecule has 5 heteroatoms. The number of nitrogens with one attached hydrogen (secondary N) is 3. The van der Waals surface area contributed by atoms with Crippen LogP contribution < -0.4 is 16.0 Å². The molecule has 0 aromatic carbocycles. The van der Waals surface area contributed by atoms with Crippen LogP contribution in [0.2, 0.25) is 0 Å². The molecular weight excluding hydrogens is 300 g/mol. The highest BCUT2D eigenvalue weighted by molar-refractivity contribution is 5.80. The fraction of sp³-hybridized carbons (Fsp3) is 0.895. The van der Waals surface area contributed by atoms with Crippen LogP contribution in [0.4, 0.5) is 0 Å². The van der Waals surface area contributed by atoms with Gasteiger partial charge in [0.15, 0.2) is 5.96 Å². The van der Waals surface area contributed by atoms with Crippen LogP contribution in [0, 0.1) is 11.3 Å². The number of carbonyl (C=O) groups excluding carboxylic acids is 1. The van der Waals surface area contributed by atoms with Crippen molar-refractivity contribution in [3.63, 3.8) is 0 Å². The molecule has 1 atom stereocenters. The Morgan fingerprint density at radius 3 is 2.50 bits per heavy atom. The van der Waals surface area contributed by atoms with Gasteiger partial charge < -0.3 is 16.0 Å². The van der Waals surface area contributed by atoms with Crippen LogP contribution in [0.5, 0.6) is 0 Å². The van der Waals surface area contributed by atoms with Gasteiger partial charge in [-0.1, -0.05) is 27.2 Å². The van der Waals surface area contributed by atoms with Gasteiger partial charge in [0, 0.05) is 31.6 Å². The number of amides is 1. The van der Waals surface area contributed by atoms with Crippen molar-refractivity contribution in [2.75, 3.05) is 19.6 Å². The summed E-state index contributed by atoms with van der Waals surface area (Å²) in [6.07, 6.45) is 6.52. The minimum atomic E-state index is 0.228. The molecule has 1 amide bonds. The second-order valence-electron chi connectivity index (χ2n) is 8.18. The molecule has 0 saturated heterocycles. The van der Waals surface area contributed by atoms with Crippen molar-refractivity contribution in [2.24, 2.45) is 16.3 Å². The van der Waals surface area contributed by atoms with E-state index < -0.39 is 0 Å². The summed E-state index contributed by atoms with van der Waals surface area (Å²) in [6.45, 7) is 13.4. The van der Waals surface area contributed by atoms with E-state index in [-0.39, 0.29) is 11.8 Å². The first kappa shape index (κ1) is 20.8. The van der Waals surface area contributed by atoms with E-state index in [1.807, 2.05) is 0 Å². The second kappa shape index (κ2) is 10.6. The van der Waals surface area contributed by atoms with Crippen LogP contribution in [0.15, 0.2) is 4.99 Å². The van der Waals surface area contributed by atoms with Gasteiger partial charge >= 0.3 is 0 Å². The molecule has 0 aromatic rings. The zero-order valence-electron chi connectivity index (χ0n) is 16.4. The van der Waals surface area contributed by atoms with E-state index in [0.717, 1.165) is 51.3 Å². The maximum atomic E-state index is 11.8. The molecule has 1 saturated carbocycles. The Balaban J connectivity index is 2.24. The topological polar surface area (TPSA) is 65.5 Å². The molecule has 0 spiro atoms. The van der Waals surface area contributed by atoms with Gasteiger partial charge in [-0.3, -0.25) is 9.79 Å². The first-order valence-electron chi connectivity index (χ1n) is 9.64. The Labute approximate surface area is 148 Å². The van der Waals surface area contributed by atoms with E-state index in [0.29, 0.717) is 11.5 Å². The summed E-state index contributed by atoms with van der Waals surface area (Å²) in [6, 6.07) is 0.403. The molecular formula is C19H38N4O. The average Bonchev–Trinajstić information content (AvgIpc) is 2.42. The van der Waals surface area contributed by atoms with Gasteiger partial charge in [-0.25, -0.2) is 0 Å². The highest BCUT2D eigenvalue weighted by Crippen LogP contribution is 2.26. The van der Waals surface area contributed by atoms with E-state index in [1.54, 1.807) is 0 Å². The summed E-state index contributed by atoms with van der Waals surface area (Å²) >= 11 is 0. The Bertz CT molecular complexity index is 397. The van der Waals surface area contributed by atoms with E-state index >= 15 is 0 Å². The minimum Gasteiger partial charge on any atom is -0.357 e. The van der Waals surface area contributed by atoms with E-state index in [2.05, 4.69) is 55.6 Å². The first-order valence-corrected chi connectivity index (χ1v) is 9.64. The molecule has 0 radical (unpaired) electrons. The zero-order valence-corrected chi connectivity index (χ0v) is 16.4. The lowest BCUT2D eigenvalue weighted by Gasteiger charge is -2.24. The van der Waals surface area contributed by atoms with Crippen LogP contribution in [0.3, 0.4) is 0 Å². The third-order valence-corrected chi connectivity index (χ3v) is 4.43. The van der Waals surface area contributed by atoms with Crippen LogP contribution in [0.1, 0.15) is 73.1 Å². The number of nitrogens with zero attached hydrogens (tertiary/aromatic N) is 1. The molecule has 0 aromatic heterocycles. The summed E-state index contributed by atoms with van der Waals surface area (Å²) < 4.78 is 0. The van der Waals surface area contributed by atoms with Crippen molar-refractivity contribution in [3.05, 3.63) is 0 Å². The molecule has 140 valence electrons. The molecule has 5 nitrogen and oxygen atoms in total.